The number of hydrogen-bond acceptors (Lipinski definition) is 5. The number of carbonyl (C=O) groups excluding carboxylic acids is 2. The Morgan fingerprint density at radius 2 is 1.85 bits per heavy atom. The molecule has 0 radical (unpaired) electrons. The molecular formula is C27H31N3O4. The number of carbonyl (C=O) groups is 2. The fraction of sp³-hybridized carbons (Fsp3) is 0.296. The molecule has 178 valence electrons. The number of rotatable bonds is 9. The lowest BCUT2D eigenvalue weighted by atomic mass is 10.1. The van der Waals surface area contributed by atoms with E-state index in [1.165, 1.54) is 0 Å². The summed E-state index contributed by atoms with van der Waals surface area (Å²) in [7, 11) is 0. The van der Waals surface area contributed by atoms with E-state index in [1.807, 2.05) is 55.7 Å². The van der Waals surface area contributed by atoms with E-state index >= 15 is 0 Å². The number of ether oxygens (including phenoxy) is 2. The highest BCUT2D eigenvalue weighted by Crippen LogP contribution is 2.21. The lowest BCUT2D eigenvalue weighted by Gasteiger charge is -2.11. The van der Waals surface area contributed by atoms with E-state index in [-0.39, 0.29) is 18.5 Å². The Morgan fingerprint density at radius 1 is 1.06 bits per heavy atom. The van der Waals surface area contributed by atoms with Gasteiger partial charge in [0.1, 0.15) is 5.75 Å². The standard InChI is InChI=1S/C27H31N3O4/c1-6-21-11-18(3)12-25(14-21)34-17-26(31)29-28-16-23-13-19(4)30(20(23)5)24-10-8-9-22(15-24)27(32)33-7-2/h8-16H,6-7,17H2,1-5H3,(H,29,31)/b28-16+. The lowest BCUT2D eigenvalue weighted by Crippen LogP contribution is -2.24. The van der Waals surface area contributed by atoms with Crippen LogP contribution in [0.3, 0.4) is 0 Å². The van der Waals surface area contributed by atoms with E-state index < -0.39 is 0 Å². The minimum absolute atomic E-state index is 0.121. The van der Waals surface area contributed by atoms with E-state index in [4.69, 9.17) is 9.47 Å². The molecule has 7 heteroatoms. The van der Waals surface area contributed by atoms with Crippen LogP contribution in [0.15, 0.2) is 53.6 Å². The molecule has 0 aliphatic heterocycles. The third kappa shape index (κ3) is 6.13. The van der Waals surface area contributed by atoms with Crippen molar-refractivity contribution >= 4 is 18.1 Å². The maximum atomic E-state index is 12.2. The van der Waals surface area contributed by atoms with Gasteiger partial charge in [-0.15, -0.1) is 0 Å². The van der Waals surface area contributed by atoms with Gasteiger partial charge in [0.2, 0.25) is 0 Å². The Kier molecular flexibility index (Phi) is 8.24. The summed E-state index contributed by atoms with van der Waals surface area (Å²) in [4.78, 5) is 24.3. The van der Waals surface area contributed by atoms with Crippen molar-refractivity contribution in [1.29, 1.82) is 0 Å². The third-order valence-corrected chi connectivity index (χ3v) is 5.37. The molecule has 0 unspecified atom stereocenters. The second-order valence-electron chi connectivity index (χ2n) is 8.02. The first-order chi connectivity index (χ1) is 16.3. The number of nitrogens with zero attached hydrogens (tertiary/aromatic N) is 2. The molecule has 2 aromatic carbocycles. The topological polar surface area (TPSA) is 81.9 Å². The average molecular weight is 462 g/mol. The SMILES string of the molecule is CCOC(=O)c1cccc(-n2c(C)cc(/C=N/NC(=O)COc3cc(C)cc(CC)c3)c2C)c1. The molecule has 1 N–H and O–H groups in total. The maximum Gasteiger partial charge on any atom is 0.338 e. The summed E-state index contributed by atoms with van der Waals surface area (Å²) in [6.45, 7) is 9.99. The molecule has 0 saturated carbocycles. The third-order valence-electron chi connectivity index (χ3n) is 5.37. The van der Waals surface area contributed by atoms with Gasteiger partial charge in [-0.1, -0.05) is 19.1 Å². The van der Waals surface area contributed by atoms with Crippen LogP contribution in [0.4, 0.5) is 0 Å². The highest BCUT2D eigenvalue weighted by Gasteiger charge is 2.13. The summed E-state index contributed by atoms with van der Waals surface area (Å²) in [6.07, 6.45) is 2.51. The molecule has 0 aliphatic rings. The van der Waals surface area contributed by atoms with Crippen LogP contribution < -0.4 is 10.2 Å². The molecule has 0 fully saturated rings. The van der Waals surface area contributed by atoms with Crippen molar-refractivity contribution in [2.24, 2.45) is 5.10 Å². The number of nitrogens with one attached hydrogen (secondary N) is 1. The molecule has 0 saturated heterocycles. The molecule has 1 aromatic heterocycles. The maximum absolute atomic E-state index is 12.2. The number of hydrogen-bond donors (Lipinski definition) is 1. The summed E-state index contributed by atoms with van der Waals surface area (Å²) < 4.78 is 12.8. The summed E-state index contributed by atoms with van der Waals surface area (Å²) in [5.74, 6) is -0.0218. The number of amides is 1. The number of hydrazone groups is 1. The van der Waals surface area contributed by atoms with Crippen molar-refractivity contribution in [2.45, 2.75) is 41.0 Å². The van der Waals surface area contributed by atoms with Crippen LogP contribution in [-0.4, -0.2) is 35.9 Å². The Morgan fingerprint density at radius 3 is 2.59 bits per heavy atom. The van der Waals surface area contributed by atoms with Crippen LogP contribution in [0.25, 0.3) is 5.69 Å². The van der Waals surface area contributed by atoms with Gasteiger partial charge in [-0.2, -0.15) is 5.10 Å². The van der Waals surface area contributed by atoms with Gasteiger partial charge in [-0.25, -0.2) is 10.2 Å². The first-order valence-corrected chi connectivity index (χ1v) is 11.3. The molecule has 3 rings (SSSR count). The minimum Gasteiger partial charge on any atom is -0.484 e. The Hall–Kier alpha value is -3.87. The summed E-state index contributed by atoms with van der Waals surface area (Å²) in [5, 5.41) is 4.09. The van der Waals surface area contributed by atoms with Gasteiger partial charge >= 0.3 is 5.97 Å². The molecule has 0 atom stereocenters. The Bertz CT molecular complexity index is 1210. The van der Waals surface area contributed by atoms with Gasteiger partial charge in [0.25, 0.3) is 5.91 Å². The van der Waals surface area contributed by atoms with Crippen molar-refractivity contribution < 1.29 is 19.1 Å². The molecule has 1 heterocycles. The lowest BCUT2D eigenvalue weighted by molar-refractivity contribution is -0.123. The van der Waals surface area contributed by atoms with E-state index in [2.05, 4.69) is 23.5 Å². The van der Waals surface area contributed by atoms with Crippen LogP contribution in [0.2, 0.25) is 0 Å². The van der Waals surface area contributed by atoms with Gasteiger partial charge in [0.05, 0.1) is 18.4 Å². The van der Waals surface area contributed by atoms with E-state index in [0.717, 1.165) is 40.2 Å². The second-order valence-corrected chi connectivity index (χ2v) is 8.02. The van der Waals surface area contributed by atoms with Crippen LogP contribution in [-0.2, 0) is 16.0 Å². The van der Waals surface area contributed by atoms with E-state index in [9.17, 15) is 9.59 Å². The zero-order valence-corrected chi connectivity index (χ0v) is 20.3. The average Bonchev–Trinajstić information content (AvgIpc) is 3.10. The predicted octanol–water partition coefficient (Wildman–Crippen LogP) is 4.67. The Labute approximate surface area is 200 Å². The van der Waals surface area contributed by atoms with Gasteiger partial charge in [-0.3, -0.25) is 4.79 Å². The van der Waals surface area contributed by atoms with Gasteiger partial charge < -0.3 is 14.0 Å². The van der Waals surface area contributed by atoms with Crippen molar-refractivity contribution in [3.63, 3.8) is 0 Å². The number of esters is 1. The van der Waals surface area contributed by atoms with Crippen LogP contribution in [0.5, 0.6) is 5.75 Å². The molecule has 3 aromatic rings. The normalized spacial score (nSPS) is 11.0. The minimum atomic E-state index is -0.352. The monoisotopic (exact) mass is 461 g/mol. The van der Waals surface area contributed by atoms with Gasteiger partial charge in [0.15, 0.2) is 6.61 Å². The van der Waals surface area contributed by atoms with Crippen LogP contribution in [0, 0.1) is 20.8 Å². The summed E-state index contributed by atoms with van der Waals surface area (Å²) >= 11 is 0. The van der Waals surface area contributed by atoms with Gasteiger partial charge in [0, 0.05) is 22.6 Å². The summed E-state index contributed by atoms with van der Waals surface area (Å²) in [6, 6.07) is 15.2. The largest absolute Gasteiger partial charge is 0.484 e. The van der Waals surface area contributed by atoms with E-state index in [1.54, 1.807) is 25.3 Å². The fourth-order valence-electron chi connectivity index (χ4n) is 3.77. The highest BCUT2D eigenvalue weighted by molar-refractivity contribution is 5.90. The smallest absolute Gasteiger partial charge is 0.338 e. The molecule has 1 amide bonds. The molecule has 34 heavy (non-hydrogen) atoms. The van der Waals surface area contributed by atoms with Crippen molar-refractivity contribution in [1.82, 2.24) is 9.99 Å². The first-order valence-electron chi connectivity index (χ1n) is 11.3. The van der Waals surface area contributed by atoms with Crippen molar-refractivity contribution in [3.05, 3.63) is 82.2 Å². The quantitative estimate of drug-likeness (QED) is 0.285. The van der Waals surface area contributed by atoms with E-state index in [0.29, 0.717) is 17.9 Å². The molecule has 7 nitrogen and oxygen atoms in total. The summed E-state index contributed by atoms with van der Waals surface area (Å²) in [5.41, 5.74) is 8.87. The number of benzene rings is 2. The van der Waals surface area contributed by atoms with Crippen molar-refractivity contribution in [2.75, 3.05) is 13.2 Å². The molecule has 0 spiro atoms. The van der Waals surface area contributed by atoms with Gasteiger partial charge in [-0.05, 0) is 81.6 Å². The van der Waals surface area contributed by atoms with Crippen LogP contribution in [0.1, 0.15) is 52.3 Å². The predicted molar refractivity (Wildman–Crippen MR) is 133 cm³/mol. The fourth-order valence-corrected chi connectivity index (χ4v) is 3.77. The first kappa shape index (κ1) is 24.8. The number of aryl methyl sites for hydroxylation is 3. The molecular weight excluding hydrogens is 430 g/mol. The van der Waals surface area contributed by atoms with Crippen LogP contribution >= 0.6 is 0 Å². The number of aromatic nitrogens is 1. The zero-order valence-electron chi connectivity index (χ0n) is 20.3. The molecule has 0 aliphatic carbocycles. The molecule has 0 bridgehead atoms. The highest BCUT2D eigenvalue weighted by atomic mass is 16.5. The second kappa shape index (κ2) is 11.3. The zero-order chi connectivity index (χ0) is 24.7. The van der Waals surface area contributed by atoms with Crippen molar-refractivity contribution in [3.8, 4) is 11.4 Å². The Balaban J connectivity index is 1.66.